The van der Waals surface area contributed by atoms with E-state index in [0.717, 1.165) is 12.8 Å². The lowest BCUT2D eigenvalue weighted by atomic mass is 9.97. The number of hydrogen-bond acceptors (Lipinski definition) is 4. The Morgan fingerprint density at radius 2 is 2.08 bits per heavy atom. The minimum Gasteiger partial charge on any atom is -0.440 e. The van der Waals surface area contributed by atoms with Gasteiger partial charge in [-0.3, -0.25) is 9.80 Å². The van der Waals surface area contributed by atoms with Crippen LogP contribution in [-0.2, 0) is 10.2 Å². The number of anilines is 1. The van der Waals surface area contributed by atoms with Crippen molar-refractivity contribution < 1.29 is 14.0 Å². The smallest absolute Gasteiger partial charge is 0.338 e. The second-order valence-corrected chi connectivity index (χ2v) is 7.02. The fraction of sp³-hybridized carbons (Fsp3) is 0.471. The maximum absolute atomic E-state index is 12.1. The zero-order valence-corrected chi connectivity index (χ0v) is 14.2. The van der Waals surface area contributed by atoms with E-state index in [4.69, 9.17) is 4.42 Å². The maximum Gasteiger partial charge on any atom is 0.338 e. The first kappa shape index (κ1) is 16.3. The van der Waals surface area contributed by atoms with E-state index in [2.05, 4.69) is 15.7 Å². The summed E-state index contributed by atoms with van der Waals surface area (Å²) in [6, 6.07) is 4.84. The van der Waals surface area contributed by atoms with Gasteiger partial charge in [0.25, 0.3) is 0 Å². The van der Waals surface area contributed by atoms with Gasteiger partial charge in [0.1, 0.15) is 5.52 Å². The summed E-state index contributed by atoms with van der Waals surface area (Å²) >= 11 is 0. The predicted octanol–water partition coefficient (Wildman–Crippen LogP) is 3.17. The van der Waals surface area contributed by atoms with Gasteiger partial charge in [-0.2, -0.15) is 0 Å². The van der Waals surface area contributed by atoms with Gasteiger partial charge in [0.15, 0.2) is 5.58 Å². The lowest BCUT2D eigenvalue weighted by Crippen LogP contribution is -2.49. The average molecular weight is 330 g/mol. The van der Waals surface area contributed by atoms with Crippen LogP contribution in [0.3, 0.4) is 0 Å². The van der Waals surface area contributed by atoms with Gasteiger partial charge in [-0.05, 0) is 31.0 Å². The van der Waals surface area contributed by atoms with Gasteiger partial charge in [0.2, 0.25) is 11.8 Å². The van der Waals surface area contributed by atoms with E-state index in [0.29, 0.717) is 35.6 Å². The Morgan fingerprint density at radius 1 is 1.29 bits per heavy atom. The van der Waals surface area contributed by atoms with E-state index >= 15 is 0 Å². The lowest BCUT2D eigenvalue weighted by molar-refractivity contribution is -0.135. The number of hydrazine groups is 1. The normalized spacial score (nSPS) is 15.6. The minimum absolute atomic E-state index is 0.0572. The molecule has 1 saturated heterocycles. The number of amides is 3. The molecule has 0 aliphatic carbocycles. The highest BCUT2D eigenvalue weighted by Gasteiger charge is 2.22. The molecule has 1 aliphatic heterocycles. The van der Waals surface area contributed by atoms with Crippen LogP contribution in [0.15, 0.2) is 22.6 Å². The van der Waals surface area contributed by atoms with Gasteiger partial charge in [-0.15, -0.1) is 0 Å². The van der Waals surface area contributed by atoms with Gasteiger partial charge in [-0.1, -0.05) is 20.8 Å². The molecule has 0 unspecified atom stereocenters. The molecule has 0 bridgehead atoms. The van der Waals surface area contributed by atoms with Crippen molar-refractivity contribution >= 4 is 28.7 Å². The Kier molecular flexibility index (Phi) is 4.17. The molecule has 2 heterocycles. The molecule has 0 saturated carbocycles. The van der Waals surface area contributed by atoms with E-state index in [1.807, 2.05) is 20.8 Å². The summed E-state index contributed by atoms with van der Waals surface area (Å²) in [7, 11) is 0. The van der Waals surface area contributed by atoms with Gasteiger partial charge in [0.05, 0.1) is 0 Å². The number of aromatic nitrogens is 1. The highest BCUT2D eigenvalue weighted by atomic mass is 16.3. The summed E-state index contributed by atoms with van der Waals surface area (Å²) in [5, 5.41) is 4.09. The molecule has 0 radical (unpaired) electrons. The van der Waals surface area contributed by atoms with Crippen molar-refractivity contribution in [3.05, 3.63) is 24.1 Å². The molecule has 2 N–H and O–H groups in total. The Balaban J connectivity index is 1.70. The van der Waals surface area contributed by atoms with Crippen molar-refractivity contribution in [1.82, 2.24) is 15.4 Å². The predicted molar refractivity (Wildman–Crippen MR) is 90.4 cm³/mol. The quantitative estimate of drug-likeness (QED) is 0.885. The van der Waals surface area contributed by atoms with Crippen LogP contribution in [0.25, 0.3) is 11.1 Å². The van der Waals surface area contributed by atoms with Crippen molar-refractivity contribution in [2.24, 2.45) is 0 Å². The Bertz CT molecular complexity index is 776. The molecule has 7 nitrogen and oxygen atoms in total. The number of benzene rings is 1. The number of rotatable bonds is 2. The van der Waals surface area contributed by atoms with Crippen LogP contribution < -0.4 is 10.7 Å². The summed E-state index contributed by atoms with van der Waals surface area (Å²) in [5.41, 5.74) is 4.36. The number of nitrogens with zero attached hydrogens (tertiary/aromatic N) is 2. The molecule has 1 aromatic carbocycles. The average Bonchev–Trinajstić information content (AvgIpc) is 2.93. The summed E-state index contributed by atoms with van der Waals surface area (Å²) in [5.74, 6) is 0.594. The molecule has 128 valence electrons. The van der Waals surface area contributed by atoms with Crippen LogP contribution >= 0.6 is 0 Å². The molecule has 1 fully saturated rings. The van der Waals surface area contributed by atoms with Crippen LogP contribution in [-0.4, -0.2) is 28.5 Å². The molecule has 2 aromatic rings. The standard InChI is InChI=1S/C17H22N4O3/c1-17(2,3)15-19-12-10-11(7-8-13(12)24-15)18-16(23)20-21-9-5-4-6-14(21)22/h7-8,10H,4-6,9H2,1-3H3,(H2,18,20,23). The molecule has 24 heavy (non-hydrogen) atoms. The van der Waals surface area contributed by atoms with Gasteiger partial charge >= 0.3 is 6.03 Å². The third-order valence-electron chi connectivity index (χ3n) is 3.85. The molecule has 7 heteroatoms. The zero-order valence-electron chi connectivity index (χ0n) is 14.2. The first-order valence-corrected chi connectivity index (χ1v) is 8.12. The number of nitrogens with one attached hydrogen (secondary N) is 2. The third-order valence-corrected chi connectivity index (χ3v) is 3.85. The Hall–Kier alpha value is -2.57. The van der Waals surface area contributed by atoms with Gasteiger partial charge in [0, 0.05) is 24.1 Å². The van der Waals surface area contributed by atoms with Crippen LogP contribution in [0, 0.1) is 0 Å². The molecule has 1 aliphatic rings. The number of urea groups is 1. The fourth-order valence-corrected chi connectivity index (χ4v) is 2.53. The van der Waals surface area contributed by atoms with Crippen LogP contribution in [0.2, 0.25) is 0 Å². The minimum atomic E-state index is -0.441. The van der Waals surface area contributed by atoms with E-state index in [1.165, 1.54) is 5.01 Å². The summed E-state index contributed by atoms with van der Waals surface area (Å²) in [4.78, 5) is 28.3. The van der Waals surface area contributed by atoms with Gasteiger partial charge < -0.3 is 9.73 Å². The number of piperidine rings is 1. The first-order chi connectivity index (χ1) is 11.3. The number of oxazole rings is 1. The molecule has 1 aromatic heterocycles. The Morgan fingerprint density at radius 3 is 2.79 bits per heavy atom. The molecular formula is C17H22N4O3. The maximum atomic E-state index is 12.1. The first-order valence-electron chi connectivity index (χ1n) is 8.12. The highest BCUT2D eigenvalue weighted by Crippen LogP contribution is 2.27. The van der Waals surface area contributed by atoms with Crippen molar-refractivity contribution in [2.45, 2.75) is 45.4 Å². The molecule has 0 atom stereocenters. The second kappa shape index (κ2) is 6.14. The molecular weight excluding hydrogens is 308 g/mol. The number of fused-ring (bicyclic) bond motifs is 1. The van der Waals surface area contributed by atoms with E-state index in [9.17, 15) is 9.59 Å². The van der Waals surface area contributed by atoms with Crippen molar-refractivity contribution in [3.8, 4) is 0 Å². The van der Waals surface area contributed by atoms with Gasteiger partial charge in [-0.25, -0.2) is 15.2 Å². The topological polar surface area (TPSA) is 87.5 Å². The number of carbonyl (C=O) groups is 2. The molecule has 3 rings (SSSR count). The van der Waals surface area contributed by atoms with Crippen molar-refractivity contribution in [1.29, 1.82) is 0 Å². The number of carbonyl (C=O) groups excluding carboxylic acids is 2. The lowest BCUT2D eigenvalue weighted by Gasteiger charge is -2.26. The molecule has 0 spiro atoms. The second-order valence-electron chi connectivity index (χ2n) is 7.02. The SMILES string of the molecule is CC(C)(C)c1nc2cc(NC(=O)NN3CCCCC3=O)ccc2o1. The third kappa shape index (κ3) is 3.50. The van der Waals surface area contributed by atoms with Crippen LogP contribution in [0.1, 0.15) is 45.9 Å². The monoisotopic (exact) mass is 330 g/mol. The van der Waals surface area contributed by atoms with Crippen LogP contribution in [0.4, 0.5) is 10.5 Å². The highest BCUT2D eigenvalue weighted by molar-refractivity contribution is 5.92. The fourth-order valence-electron chi connectivity index (χ4n) is 2.53. The summed E-state index contributed by atoms with van der Waals surface area (Å²) in [6.07, 6.45) is 2.24. The zero-order chi connectivity index (χ0) is 17.3. The largest absolute Gasteiger partial charge is 0.440 e. The summed E-state index contributed by atoms with van der Waals surface area (Å²) in [6.45, 7) is 6.63. The van der Waals surface area contributed by atoms with E-state index in [1.54, 1.807) is 18.2 Å². The molecule has 3 amide bonds. The Labute approximate surface area is 140 Å². The van der Waals surface area contributed by atoms with Crippen LogP contribution in [0.5, 0.6) is 0 Å². The van der Waals surface area contributed by atoms with Crippen molar-refractivity contribution in [2.75, 3.05) is 11.9 Å². The number of hydrogen-bond donors (Lipinski definition) is 2. The summed E-state index contributed by atoms with van der Waals surface area (Å²) < 4.78 is 5.74. The van der Waals surface area contributed by atoms with Crippen molar-refractivity contribution in [3.63, 3.8) is 0 Å². The van der Waals surface area contributed by atoms with E-state index < -0.39 is 6.03 Å². The van der Waals surface area contributed by atoms with E-state index in [-0.39, 0.29) is 11.3 Å².